The van der Waals surface area contributed by atoms with Crippen LogP contribution in [0.5, 0.6) is 0 Å². The SMILES string of the molecule is COCC1C=CC2CN1C(=O)N2OS(=O)(=O)ON1C(=O)N2CC1C=CC2COC. The first-order valence-electron chi connectivity index (χ1n) is 9.03. The molecule has 4 atom stereocenters. The second kappa shape index (κ2) is 7.57. The zero-order chi connectivity index (χ0) is 20.8. The summed E-state index contributed by atoms with van der Waals surface area (Å²) in [6, 6.07) is -3.03. The number of amides is 4. The number of hydroxylamine groups is 4. The summed E-state index contributed by atoms with van der Waals surface area (Å²) in [4.78, 5) is 28.0. The molecule has 4 amide bonds. The van der Waals surface area contributed by atoms with Gasteiger partial charge in [0.2, 0.25) is 0 Å². The lowest BCUT2D eigenvalue weighted by atomic mass is 10.1. The van der Waals surface area contributed by atoms with Gasteiger partial charge in [-0.05, 0) is 0 Å². The molecule has 13 heteroatoms. The van der Waals surface area contributed by atoms with Gasteiger partial charge in [0, 0.05) is 27.3 Å². The molecule has 4 unspecified atom stereocenters. The van der Waals surface area contributed by atoms with Crippen LogP contribution in [0.4, 0.5) is 9.59 Å². The van der Waals surface area contributed by atoms with Crippen LogP contribution in [-0.2, 0) is 28.4 Å². The number of hydrogen-bond donors (Lipinski definition) is 0. The number of hydrogen-bond acceptors (Lipinski definition) is 8. The maximum atomic E-state index is 12.5. The first-order chi connectivity index (χ1) is 13.8. The molecule has 29 heavy (non-hydrogen) atoms. The van der Waals surface area contributed by atoms with E-state index < -0.39 is 34.5 Å². The summed E-state index contributed by atoms with van der Waals surface area (Å²) in [6.07, 6.45) is 6.87. The third kappa shape index (κ3) is 3.59. The van der Waals surface area contributed by atoms with Crippen LogP contribution in [0.1, 0.15) is 0 Å². The lowest BCUT2D eigenvalue weighted by Gasteiger charge is -2.25. The molecule has 0 N–H and O–H groups in total. The molecule has 160 valence electrons. The van der Waals surface area contributed by atoms with Gasteiger partial charge in [-0.2, -0.15) is 18.5 Å². The molecule has 2 saturated heterocycles. The number of ether oxygens (including phenoxy) is 2. The van der Waals surface area contributed by atoms with Crippen molar-refractivity contribution < 1.29 is 36.0 Å². The molecule has 4 aliphatic heterocycles. The van der Waals surface area contributed by atoms with Gasteiger partial charge in [-0.1, -0.05) is 24.3 Å². The van der Waals surface area contributed by atoms with Crippen molar-refractivity contribution in [2.45, 2.75) is 24.2 Å². The third-order valence-corrected chi connectivity index (χ3v) is 5.85. The van der Waals surface area contributed by atoms with Crippen molar-refractivity contribution in [3.63, 3.8) is 0 Å². The predicted molar refractivity (Wildman–Crippen MR) is 96.2 cm³/mol. The van der Waals surface area contributed by atoms with Gasteiger partial charge in [0.05, 0.1) is 37.4 Å². The standard InChI is InChI=1S/C16H22N4O8S/c1-25-9-13-5-3-11-7-17(13)15(21)19(11)27-29(23,24)28-20-12-4-6-14(10-26-2)18(8-12)16(20)22/h3-6,11-14H,7-10H2,1-2H3. The van der Waals surface area contributed by atoms with E-state index in [1.807, 2.05) is 0 Å². The van der Waals surface area contributed by atoms with E-state index in [0.717, 1.165) is 10.1 Å². The van der Waals surface area contributed by atoms with Gasteiger partial charge in [0.25, 0.3) is 0 Å². The zero-order valence-electron chi connectivity index (χ0n) is 15.9. The number of fused-ring (bicyclic) bond motifs is 4. The summed E-state index contributed by atoms with van der Waals surface area (Å²) in [5.41, 5.74) is 0. The van der Waals surface area contributed by atoms with Crippen molar-refractivity contribution in [1.29, 1.82) is 0 Å². The molecule has 0 saturated carbocycles. The van der Waals surface area contributed by atoms with Crippen LogP contribution in [-0.4, -0.2) is 105 Å². The van der Waals surface area contributed by atoms with Crippen molar-refractivity contribution in [2.24, 2.45) is 0 Å². The van der Waals surface area contributed by atoms with E-state index in [2.05, 4.69) is 0 Å². The minimum absolute atomic E-state index is 0.263. The van der Waals surface area contributed by atoms with Crippen LogP contribution < -0.4 is 0 Å². The van der Waals surface area contributed by atoms with Crippen molar-refractivity contribution in [1.82, 2.24) is 19.9 Å². The Morgan fingerprint density at radius 1 is 0.828 bits per heavy atom. The van der Waals surface area contributed by atoms with Gasteiger partial charge in [0.15, 0.2) is 0 Å². The molecule has 0 aliphatic carbocycles. The van der Waals surface area contributed by atoms with Crippen molar-refractivity contribution in [3.05, 3.63) is 24.3 Å². The highest BCUT2D eigenvalue weighted by Gasteiger charge is 2.48. The number of urea groups is 2. The Balaban J connectivity index is 1.43. The second-order valence-corrected chi connectivity index (χ2v) is 8.14. The quantitative estimate of drug-likeness (QED) is 0.472. The van der Waals surface area contributed by atoms with Crippen molar-refractivity contribution in [3.8, 4) is 0 Å². The lowest BCUT2D eigenvalue weighted by molar-refractivity contribution is -0.0726. The molecule has 0 aromatic heterocycles. The molecular formula is C16H22N4O8S. The van der Waals surface area contributed by atoms with E-state index in [1.165, 1.54) is 24.0 Å². The van der Waals surface area contributed by atoms with E-state index in [9.17, 15) is 18.0 Å². The van der Waals surface area contributed by atoms with E-state index in [4.69, 9.17) is 18.0 Å². The van der Waals surface area contributed by atoms with Crippen LogP contribution in [0.3, 0.4) is 0 Å². The van der Waals surface area contributed by atoms with Gasteiger partial charge in [-0.15, -0.1) is 8.57 Å². The van der Waals surface area contributed by atoms with Crippen LogP contribution in [0.15, 0.2) is 24.3 Å². The van der Waals surface area contributed by atoms with Gasteiger partial charge in [-0.25, -0.2) is 9.59 Å². The molecule has 2 fully saturated rings. The Labute approximate surface area is 168 Å². The topological polar surface area (TPSA) is 118 Å². The highest BCUT2D eigenvalue weighted by Crippen LogP contribution is 2.29. The molecule has 4 bridgehead atoms. The van der Waals surface area contributed by atoms with Gasteiger partial charge in [-0.3, -0.25) is 0 Å². The van der Waals surface area contributed by atoms with Crippen molar-refractivity contribution >= 4 is 22.5 Å². The van der Waals surface area contributed by atoms with E-state index in [1.54, 1.807) is 24.3 Å². The molecule has 0 aromatic carbocycles. The van der Waals surface area contributed by atoms with Gasteiger partial charge >= 0.3 is 22.5 Å². The summed E-state index contributed by atoms with van der Waals surface area (Å²) in [7, 11) is -1.70. The van der Waals surface area contributed by atoms with Crippen LogP contribution >= 0.6 is 0 Å². The number of carbonyl (C=O) groups excluding carboxylic acids is 2. The third-order valence-electron chi connectivity index (χ3n) is 5.17. The summed E-state index contributed by atoms with van der Waals surface area (Å²) < 4.78 is 44.9. The highest BCUT2D eigenvalue weighted by atomic mass is 32.3. The Morgan fingerprint density at radius 2 is 1.24 bits per heavy atom. The maximum Gasteiger partial charge on any atom is 0.442 e. The Morgan fingerprint density at radius 3 is 1.62 bits per heavy atom. The largest absolute Gasteiger partial charge is 0.442 e. The first kappa shape index (κ1) is 20.1. The Kier molecular flexibility index (Phi) is 5.25. The molecule has 0 aromatic rings. The second-order valence-electron chi connectivity index (χ2n) is 7.03. The van der Waals surface area contributed by atoms with Gasteiger partial charge in [0.1, 0.15) is 0 Å². The minimum Gasteiger partial charge on any atom is -0.382 e. The summed E-state index contributed by atoms with van der Waals surface area (Å²) in [5, 5.41) is 1.47. The highest BCUT2D eigenvalue weighted by molar-refractivity contribution is 7.81. The number of nitrogens with zero attached hydrogens (tertiary/aromatic N) is 4. The summed E-state index contributed by atoms with van der Waals surface area (Å²) in [5.74, 6) is 0. The van der Waals surface area contributed by atoms with E-state index >= 15 is 0 Å². The molecule has 0 spiro atoms. The fraction of sp³-hybridized carbons (Fsp3) is 0.625. The van der Waals surface area contributed by atoms with Crippen molar-refractivity contribution in [2.75, 3.05) is 40.5 Å². The normalized spacial score (nSPS) is 30.8. The van der Waals surface area contributed by atoms with Gasteiger partial charge < -0.3 is 19.3 Å². The predicted octanol–water partition coefficient (Wildman–Crippen LogP) is -0.524. The molecule has 4 rings (SSSR count). The minimum atomic E-state index is -4.72. The van der Waals surface area contributed by atoms with E-state index in [-0.39, 0.29) is 38.4 Å². The van der Waals surface area contributed by atoms with Crippen LogP contribution in [0.25, 0.3) is 0 Å². The zero-order valence-corrected chi connectivity index (χ0v) is 16.7. The Hall–Kier alpha value is -2.19. The smallest absolute Gasteiger partial charge is 0.382 e. The van der Waals surface area contributed by atoms with E-state index in [0.29, 0.717) is 0 Å². The number of rotatable bonds is 8. The molecule has 4 heterocycles. The lowest BCUT2D eigenvalue weighted by Crippen LogP contribution is -2.42. The van der Waals surface area contributed by atoms with Crippen LogP contribution in [0, 0.1) is 0 Å². The molecule has 12 nitrogen and oxygen atoms in total. The molecule has 0 radical (unpaired) electrons. The number of methoxy groups -OCH3 is 2. The average molecular weight is 430 g/mol. The summed E-state index contributed by atoms with van der Waals surface area (Å²) in [6.45, 7) is 1.08. The number of carbonyl (C=O) groups is 2. The van der Waals surface area contributed by atoms with Crippen LogP contribution in [0.2, 0.25) is 0 Å². The monoisotopic (exact) mass is 430 g/mol. The summed E-state index contributed by atoms with van der Waals surface area (Å²) >= 11 is 0. The fourth-order valence-corrected chi connectivity index (χ4v) is 4.58. The maximum absolute atomic E-state index is 12.5. The Bertz CT molecular complexity index is 784. The molecule has 4 aliphatic rings. The average Bonchev–Trinajstić information content (AvgIpc) is 3.07. The fourth-order valence-electron chi connectivity index (χ4n) is 3.82. The first-order valence-corrected chi connectivity index (χ1v) is 10.4. The molecular weight excluding hydrogens is 408 g/mol.